The third kappa shape index (κ3) is 3.63. The summed E-state index contributed by atoms with van der Waals surface area (Å²) in [4.78, 5) is 0. The molecule has 0 bridgehead atoms. The Hall–Kier alpha value is -1.76. The second-order valence-electron chi connectivity index (χ2n) is 4.23. The normalized spacial score (nSPS) is 19.5. The summed E-state index contributed by atoms with van der Waals surface area (Å²) in [5.74, 6) is 0. The number of hydrogen-bond acceptors (Lipinski definition) is 1. The van der Waals surface area contributed by atoms with Crippen LogP contribution in [0.5, 0.6) is 0 Å². The molecule has 1 aliphatic carbocycles. The van der Waals surface area contributed by atoms with Crippen LogP contribution in [0.25, 0.3) is 0 Å². The van der Waals surface area contributed by atoms with Crippen molar-refractivity contribution in [2.45, 2.75) is 19.8 Å². The Morgan fingerprint density at radius 2 is 2.06 bits per heavy atom. The molecule has 0 unspecified atom stereocenters. The maximum atomic E-state index is 3.15. The van der Waals surface area contributed by atoms with Crippen LogP contribution >= 0.6 is 0 Å². The number of nitrogens with one attached hydrogen (secondary N) is 1. The van der Waals surface area contributed by atoms with Gasteiger partial charge in [-0.25, -0.2) is 0 Å². The van der Waals surface area contributed by atoms with Crippen molar-refractivity contribution in [1.82, 2.24) is 5.32 Å². The van der Waals surface area contributed by atoms with Crippen LogP contribution in [-0.4, -0.2) is 6.54 Å². The average molecular weight is 225 g/mol. The van der Waals surface area contributed by atoms with Crippen molar-refractivity contribution in [3.05, 3.63) is 71.5 Å². The highest BCUT2D eigenvalue weighted by Crippen LogP contribution is 2.15. The molecule has 0 aromatic rings. The van der Waals surface area contributed by atoms with Crippen molar-refractivity contribution in [1.29, 1.82) is 0 Å². The molecule has 88 valence electrons. The lowest BCUT2D eigenvalue weighted by Crippen LogP contribution is -2.07. The Labute approximate surface area is 104 Å². The van der Waals surface area contributed by atoms with Gasteiger partial charge in [-0.2, -0.15) is 0 Å². The fourth-order valence-corrected chi connectivity index (χ4v) is 1.84. The third-order valence-electron chi connectivity index (χ3n) is 2.97. The Morgan fingerprint density at radius 3 is 2.82 bits per heavy atom. The molecule has 2 aliphatic rings. The van der Waals surface area contributed by atoms with E-state index in [0.29, 0.717) is 0 Å². The summed E-state index contributed by atoms with van der Waals surface area (Å²) in [6, 6.07) is 0. The minimum Gasteiger partial charge on any atom is -0.387 e. The van der Waals surface area contributed by atoms with Crippen LogP contribution in [0, 0.1) is 0 Å². The molecule has 0 saturated carbocycles. The highest BCUT2D eigenvalue weighted by molar-refractivity contribution is 5.43. The van der Waals surface area contributed by atoms with E-state index in [1.165, 1.54) is 16.7 Å². The summed E-state index contributed by atoms with van der Waals surface area (Å²) >= 11 is 0. The zero-order valence-corrected chi connectivity index (χ0v) is 10.3. The molecule has 1 aliphatic heterocycles. The number of rotatable bonds is 3. The van der Waals surface area contributed by atoms with Gasteiger partial charge in [0.1, 0.15) is 0 Å². The highest BCUT2D eigenvalue weighted by atomic mass is 14.8. The van der Waals surface area contributed by atoms with Crippen LogP contribution in [-0.2, 0) is 0 Å². The summed E-state index contributed by atoms with van der Waals surface area (Å²) in [5, 5.41) is 3.15. The van der Waals surface area contributed by atoms with E-state index in [0.717, 1.165) is 19.4 Å². The van der Waals surface area contributed by atoms with E-state index >= 15 is 0 Å². The fraction of sp³-hybridized carbons (Fsp3) is 0.250. The lowest BCUT2D eigenvalue weighted by atomic mass is 10.1. The fourth-order valence-electron chi connectivity index (χ4n) is 1.84. The minimum atomic E-state index is 0.922. The predicted octanol–water partition coefficient (Wildman–Crippen LogP) is 3.81. The minimum absolute atomic E-state index is 0.922. The number of allylic oxidation sites excluding steroid dienone is 10. The highest BCUT2D eigenvalue weighted by Gasteiger charge is 1.96. The molecule has 1 heteroatoms. The first kappa shape index (κ1) is 11.7. The van der Waals surface area contributed by atoms with Crippen molar-refractivity contribution < 1.29 is 0 Å². The average Bonchev–Trinajstić information content (AvgIpc) is 2.62. The smallest absolute Gasteiger partial charge is 0.0334 e. The molecule has 0 radical (unpaired) electrons. The Morgan fingerprint density at radius 1 is 1.18 bits per heavy atom. The zero-order valence-electron chi connectivity index (χ0n) is 10.3. The lowest BCUT2D eigenvalue weighted by molar-refractivity contribution is 0.964. The van der Waals surface area contributed by atoms with Crippen molar-refractivity contribution in [2.24, 2.45) is 0 Å². The first-order valence-electron chi connectivity index (χ1n) is 6.23. The van der Waals surface area contributed by atoms with Crippen LogP contribution < -0.4 is 5.32 Å². The molecule has 0 aromatic heterocycles. The summed E-state index contributed by atoms with van der Waals surface area (Å²) in [6.07, 6.45) is 21.7. The molecular weight excluding hydrogens is 206 g/mol. The van der Waals surface area contributed by atoms with Crippen molar-refractivity contribution in [3.8, 4) is 0 Å². The standard InChI is InChI=1S/C16H19N/c1-2-14-4-3-5-15(7-6-14)8-9-16-10-12-17-13-11-16/h3,5-12,17H,2,4,13H2,1H3/b9-8+. The Balaban J connectivity index is 2.06. The van der Waals surface area contributed by atoms with Crippen LogP contribution in [0.2, 0.25) is 0 Å². The van der Waals surface area contributed by atoms with E-state index in [2.05, 4.69) is 60.8 Å². The quantitative estimate of drug-likeness (QED) is 0.770. The molecule has 2 rings (SSSR count). The monoisotopic (exact) mass is 225 g/mol. The van der Waals surface area contributed by atoms with Crippen molar-refractivity contribution in [2.75, 3.05) is 6.54 Å². The Bertz CT molecular complexity index is 442. The first-order chi connectivity index (χ1) is 8.38. The molecule has 0 spiro atoms. The van der Waals surface area contributed by atoms with Gasteiger partial charge in [-0.05, 0) is 36.3 Å². The second kappa shape index (κ2) is 6.09. The van der Waals surface area contributed by atoms with Gasteiger partial charge >= 0.3 is 0 Å². The summed E-state index contributed by atoms with van der Waals surface area (Å²) in [5.41, 5.74) is 4.02. The maximum Gasteiger partial charge on any atom is 0.0334 e. The molecular formula is C16H19N. The molecule has 1 nitrogen and oxygen atoms in total. The van der Waals surface area contributed by atoms with Gasteiger partial charge in [0.05, 0.1) is 0 Å². The van der Waals surface area contributed by atoms with E-state index < -0.39 is 0 Å². The third-order valence-corrected chi connectivity index (χ3v) is 2.97. The number of hydrogen-bond donors (Lipinski definition) is 1. The van der Waals surface area contributed by atoms with Crippen LogP contribution in [0.1, 0.15) is 19.8 Å². The largest absolute Gasteiger partial charge is 0.387 e. The van der Waals surface area contributed by atoms with Gasteiger partial charge < -0.3 is 5.32 Å². The SMILES string of the molecule is CCC1=CC=C(/C=C/C2=CCNC=C2)C=CC1. The van der Waals surface area contributed by atoms with Gasteiger partial charge in [0, 0.05) is 6.54 Å². The van der Waals surface area contributed by atoms with E-state index in [1.54, 1.807) is 0 Å². The molecule has 0 atom stereocenters. The van der Waals surface area contributed by atoms with Gasteiger partial charge in [0.25, 0.3) is 0 Å². The van der Waals surface area contributed by atoms with Crippen molar-refractivity contribution in [3.63, 3.8) is 0 Å². The molecule has 0 aromatic carbocycles. The topological polar surface area (TPSA) is 12.0 Å². The van der Waals surface area contributed by atoms with Gasteiger partial charge in [-0.3, -0.25) is 0 Å². The van der Waals surface area contributed by atoms with Crippen molar-refractivity contribution >= 4 is 0 Å². The van der Waals surface area contributed by atoms with Crippen LogP contribution in [0.15, 0.2) is 71.5 Å². The Kier molecular flexibility index (Phi) is 4.20. The predicted molar refractivity (Wildman–Crippen MR) is 74.6 cm³/mol. The maximum absolute atomic E-state index is 3.15. The summed E-state index contributed by atoms with van der Waals surface area (Å²) in [6.45, 7) is 3.13. The van der Waals surface area contributed by atoms with Gasteiger partial charge in [0.15, 0.2) is 0 Å². The molecule has 0 saturated heterocycles. The van der Waals surface area contributed by atoms with Crippen LogP contribution in [0.3, 0.4) is 0 Å². The second-order valence-corrected chi connectivity index (χ2v) is 4.23. The van der Waals surface area contributed by atoms with Gasteiger partial charge in [0.2, 0.25) is 0 Å². The van der Waals surface area contributed by atoms with E-state index in [1.807, 2.05) is 6.20 Å². The summed E-state index contributed by atoms with van der Waals surface area (Å²) in [7, 11) is 0. The first-order valence-corrected chi connectivity index (χ1v) is 6.23. The molecule has 0 fully saturated rings. The lowest BCUT2D eigenvalue weighted by Gasteiger charge is -2.03. The van der Waals surface area contributed by atoms with Gasteiger partial charge in [-0.1, -0.05) is 55.0 Å². The molecule has 1 heterocycles. The zero-order chi connectivity index (χ0) is 11.9. The van der Waals surface area contributed by atoms with E-state index in [4.69, 9.17) is 0 Å². The van der Waals surface area contributed by atoms with E-state index in [-0.39, 0.29) is 0 Å². The number of dihydropyridines is 1. The molecule has 17 heavy (non-hydrogen) atoms. The molecule has 1 N–H and O–H groups in total. The molecule has 0 amide bonds. The van der Waals surface area contributed by atoms with E-state index in [9.17, 15) is 0 Å². The summed E-state index contributed by atoms with van der Waals surface area (Å²) < 4.78 is 0. The van der Waals surface area contributed by atoms with Gasteiger partial charge in [-0.15, -0.1) is 0 Å². The van der Waals surface area contributed by atoms with Crippen LogP contribution in [0.4, 0.5) is 0 Å².